The number of ether oxygens (including phenoxy) is 2. The van der Waals surface area contributed by atoms with Crippen LogP contribution < -0.4 is 36.5 Å². The quantitative estimate of drug-likeness (QED) is 0.0402. The Labute approximate surface area is 512 Å². The van der Waals surface area contributed by atoms with E-state index in [2.05, 4.69) is 71.6 Å². The second-order valence-corrected chi connectivity index (χ2v) is 24.0. The average molecular weight is 1310 g/mol. The summed E-state index contributed by atoms with van der Waals surface area (Å²) in [5.41, 5.74) is 5.18. The Bertz CT molecular complexity index is 2770. The van der Waals surface area contributed by atoms with Gasteiger partial charge in [-0.3, -0.25) is 0 Å². The number of alkyl halides is 3. The number of likely N-dealkylation sites (tertiary alicyclic amines) is 2. The lowest BCUT2D eigenvalue weighted by atomic mass is 9.76. The summed E-state index contributed by atoms with van der Waals surface area (Å²) in [6, 6.07) is 18.9. The molecule has 9 rings (SSSR count). The Kier molecular flexibility index (Phi) is 25.3. The smallest absolute Gasteiger partial charge is 0.399 e. The van der Waals surface area contributed by atoms with E-state index in [-0.39, 0.29) is 52.4 Å². The normalized spacial score (nSPS) is 20.0. The van der Waals surface area contributed by atoms with Gasteiger partial charge >= 0.3 is 25.4 Å². The highest BCUT2D eigenvalue weighted by molar-refractivity contribution is 14.1. The molecular formula is C58H85BF3IN10O10S. The molecule has 4 atom stereocenters. The molecule has 0 saturated carbocycles. The maximum Gasteiger partial charge on any atom is 0.495 e. The molecule has 4 amide bonds. The zero-order chi connectivity index (χ0) is 60.1. The molecule has 4 aromatic rings. The Morgan fingerprint density at radius 3 is 1.68 bits per heavy atom. The lowest BCUT2D eigenvalue weighted by Crippen LogP contribution is -2.41. The van der Waals surface area contributed by atoms with Gasteiger partial charge in [-0.05, 0) is 159 Å². The first-order chi connectivity index (χ1) is 39.4. The summed E-state index contributed by atoms with van der Waals surface area (Å²) in [5.74, 6) is 3.10. The minimum atomic E-state index is -4.20. The summed E-state index contributed by atoms with van der Waals surface area (Å²) in [6.45, 7) is 21.9. The van der Waals surface area contributed by atoms with Crippen molar-refractivity contribution in [2.75, 3.05) is 136 Å². The number of nitrogens with one attached hydrogen (secondary N) is 4. The number of aliphatic hydroxyl groups is 4. The van der Waals surface area contributed by atoms with Gasteiger partial charge in [-0.1, -0.05) is 31.0 Å². The number of benzene rings is 2. The summed E-state index contributed by atoms with van der Waals surface area (Å²) in [5, 5.41) is 49.2. The SMILES string of the molecule is CC[C@@H]1CCN(C(=O)Nc2ccc(C)c(-c3cc(NC[C@@H](O)CO)nc(N4CCOCC4)c3)c2)C1.Cc1ccc(NC(=O)N2CC[C@@H](CC(F)(F)F)C2)cc1B1OC(C)(C)C(C)(C)O1.OC[C@H](O)CNc1cc(I)cc(N2CCOCC2)n1.S. The van der Waals surface area contributed by atoms with Crippen LogP contribution in [0.3, 0.4) is 0 Å². The molecule has 5 fully saturated rings. The number of aryl methyl sites for hydroxylation is 2. The second kappa shape index (κ2) is 31.1. The number of urea groups is 2. The summed E-state index contributed by atoms with van der Waals surface area (Å²) in [6.07, 6.45) is -4.18. The molecule has 20 nitrogen and oxygen atoms in total. The van der Waals surface area contributed by atoms with Crippen molar-refractivity contribution in [1.82, 2.24) is 19.8 Å². The molecule has 2 aromatic heterocycles. The van der Waals surface area contributed by atoms with E-state index in [1.807, 2.05) is 88.9 Å². The third-order valence-electron chi connectivity index (χ3n) is 15.8. The van der Waals surface area contributed by atoms with Gasteiger partial charge in [-0.15, -0.1) is 0 Å². The first-order valence-electron chi connectivity index (χ1n) is 28.6. The van der Waals surface area contributed by atoms with Crippen molar-refractivity contribution in [3.63, 3.8) is 0 Å². The van der Waals surface area contributed by atoms with Crippen LogP contribution in [0.2, 0.25) is 0 Å². The highest BCUT2D eigenvalue weighted by Gasteiger charge is 2.52. The maximum atomic E-state index is 12.8. The van der Waals surface area contributed by atoms with Gasteiger partial charge in [0.05, 0.1) is 63.1 Å². The number of amides is 4. The summed E-state index contributed by atoms with van der Waals surface area (Å²) >= 11 is 2.24. The second-order valence-electron chi connectivity index (χ2n) is 22.7. The third kappa shape index (κ3) is 19.6. The van der Waals surface area contributed by atoms with Crippen molar-refractivity contribution < 1.29 is 62.0 Å². The molecule has 5 aliphatic heterocycles. The van der Waals surface area contributed by atoms with Gasteiger partial charge in [-0.25, -0.2) is 19.6 Å². The van der Waals surface area contributed by atoms with Crippen LogP contribution in [0.1, 0.15) is 71.4 Å². The van der Waals surface area contributed by atoms with Gasteiger partial charge in [0.2, 0.25) is 0 Å². The topological polar surface area (TPSA) is 239 Å². The van der Waals surface area contributed by atoms with E-state index in [1.54, 1.807) is 12.1 Å². The number of anilines is 6. The summed E-state index contributed by atoms with van der Waals surface area (Å²) < 4.78 is 61.8. The van der Waals surface area contributed by atoms with Crippen LogP contribution in [-0.4, -0.2) is 194 Å². The molecule has 7 heterocycles. The number of halogens is 4. The fourth-order valence-corrected chi connectivity index (χ4v) is 10.6. The number of carbonyl (C=O) groups excluding carboxylic acids is 2. The minimum absolute atomic E-state index is 0. The minimum Gasteiger partial charge on any atom is -0.399 e. The highest BCUT2D eigenvalue weighted by atomic mass is 127. The van der Waals surface area contributed by atoms with E-state index in [4.69, 9.17) is 28.9 Å². The van der Waals surface area contributed by atoms with Crippen molar-refractivity contribution in [1.29, 1.82) is 0 Å². The predicted octanol–water partition coefficient (Wildman–Crippen LogP) is 7.42. The van der Waals surface area contributed by atoms with E-state index in [9.17, 15) is 38.1 Å². The average Bonchev–Trinajstić information content (AvgIpc) is 2.51. The number of pyridine rings is 2. The Morgan fingerprint density at radius 2 is 1.18 bits per heavy atom. The fraction of sp³-hybridized carbons (Fsp3) is 0.586. The van der Waals surface area contributed by atoms with Crippen molar-refractivity contribution >= 4 is 95.4 Å². The first kappa shape index (κ1) is 68.2. The molecule has 26 heteroatoms. The number of morpholine rings is 2. The van der Waals surface area contributed by atoms with E-state index in [1.165, 1.54) is 4.90 Å². The molecule has 0 bridgehead atoms. The van der Waals surface area contributed by atoms with Crippen LogP contribution >= 0.6 is 36.1 Å². The lowest BCUT2D eigenvalue weighted by molar-refractivity contribution is -0.143. The number of carbonyl (C=O) groups is 2. The molecule has 464 valence electrons. The van der Waals surface area contributed by atoms with Crippen LogP contribution in [0.4, 0.5) is 57.4 Å². The number of aromatic nitrogens is 2. The zero-order valence-electron chi connectivity index (χ0n) is 49.2. The molecule has 0 spiro atoms. The maximum absolute atomic E-state index is 12.8. The van der Waals surface area contributed by atoms with E-state index < -0.39 is 55.1 Å². The first-order valence-corrected chi connectivity index (χ1v) is 29.7. The van der Waals surface area contributed by atoms with Crippen molar-refractivity contribution in [3.05, 3.63) is 75.4 Å². The summed E-state index contributed by atoms with van der Waals surface area (Å²) in [4.78, 5) is 42.3. The summed E-state index contributed by atoms with van der Waals surface area (Å²) in [7, 11) is -0.556. The molecule has 84 heavy (non-hydrogen) atoms. The fourth-order valence-electron chi connectivity index (χ4n) is 10.0. The van der Waals surface area contributed by atoms with Crippen molar-refractivity contribution in [3.8, 4) is 11.1 Å². The van der Waals surface area contributed by atoms with E-state index in [0.717, 1.165) is 114 Å². The zero-order valence-corrected chi connectivity index (χ0v) is 52.4. The monoisotopic (exact) mass is 1310 g/mol. The molecular weight excluding hydrogens is 1220 g/mol. The molecule has 0 radical (unpaired) electrons. The van der Waals surface area contributed by atoms with Crippen LogP contribution in [0.15, 0.2) is 60.7 Å². The number of hydrogen-bond donors (Lipinski definition) is 8. The molecule has 0 aliphatic carbocycles. The van der Waals surface area contributed by atoms with Crippen LogP contribution in [0.25, 0.3) is 11.1 Å². The molecule has 5 aliphatic rings. The van der Waals surface area contributed by atoms with Gasteiger partial charge in [0.25, 0.3) is 0 Å². The van der Waals surface area contributed by atoms with Crippen LogP contribution in [0.5, 0.6) is 0 Å². The van der Waals surface area contributed by atoms with Gasteiger partial charge in [0, 0.05) is 86.8 Å². The number of hydrogen-bond acceptors (Lipinski definition) is 16. The Hall–Kier alpha value is -4.91. The Morgan fingerprint density at radius 1 is 0.702 bits per heavy atom. The van der Waals surface area contributed by atoms with Gasteiger partial charge in [-0.2, -0.15) is 26.7 Å². The molecule has 5 saturated heterocycles. The lowest BCUT2D eigenvalue weighted by Gasteiger charge is -2.32. The van der Waals surface area contributed by atoms with Crippen molar-refractivity contribution in [2.45, 2.75) is 104 Å². The molecule has 0 unspecified atom stereocenters. The predicted molar refractivity (Wildman–Crippen MR) is 336 cm³/mol. The highest BCUT2D eigenvalue weighted by Crippen LogP contribution is 2.38. The van der Waals surface area contributed by atoms with Gasteiger partial charge in [0.15, 0.2) is 0 Å². The number of nitrogens with zero attached hydrogens (tertiary/aromatic N) is 6. The standard InChI is InChI=1S/C26H37N5O4.C20H28BF3N2O3.C12H18IN3O3.H2S/c1-3-19-6-7-31(16-19)26(34)28-21-5-4-18(2)23(14-21)20-12-24(27-15-22(33)17-32)29-25(13-20)30-8-10-35-11-9-30;1-13-6-7-15(10-16(13)21-28-18(2,3)19(4,5)29-21)25-17(27)26-9-8-14(12-26)11-20(22,23)24;13-9-5-11(14-7-10(18)8-17)15-12(6-9)16-1-3-19-4-2-16;/h4-5,12-14,19,22,32-33H,3,6-11,15-17H2,1-2H3,(H,27,29)(H,28,34);6-7,10,14H,8-9,11-12H2,1-5H3,(H,25,27);5-6,10,17-18H,1-4,7-8H2,(H,14,15);1H2/t19-,22-;14-;10-;/m101./s1. The number of aliphatic hydroxyl groups excluding tert-OH is 4. The van der Waals surface area contributed by atoms with Crippen LogP contribution in [0, 0.1) is 29.3 Å². The molecule has 2 aromatic carbocycles. The largest absolute Gasteiger partial charge is 0.495 e. The van der Waals surface area contributed by atoms with Crippen molar-refractivity contribution in [2.24, 2.45) is 11.8 Å². The third-order valence-corrected chi connectivity index (χ3v) is 16.4. The van der Waals surface area contributed by atoms with Gasteiger partial charge < -0.3 is 80.1 Å². The van der Waals surface area contributed by atoms with Gasteiger partial charge in [0.1, 0.15) is 23.3 Å². The van der Waals surface area contributed by atoms with E-state index in [0.29, 0.717) is 49.4 Å². The van der Waals surface area contributed by atoms with E-state index >= 15 is 0 Å². The van der Waals surface area contributed by atoms with Crippen LogP contribution in [-0.2, 0) is 18.8 Å². The molecule has 8 N–H and O–H groups in total. The number of rotatable bonds is 16. The Balaban J connectivity index is 0.000000209.